The lowest BCUT2D eigenvalue weighted by atomic mass is 10.1. The lowest BCUT2D eigenvalue weighted by molar-refractivity contribution is -0.129. The molecule has 1 saturated heterocycles. The fourth-order valence-corrected chi connectivity index (χ4v) is 4.04. The predicted molar refractivity (Wildman–Crippen MR) is 116 cm³/mol. The Morgan fingerprint density at radius 1 is 1.23 bits per heavy atom. The van der Waals surface area contributed by atoms with Crippen molar-refractivity contribution in [3.05, 3.63) is 46.4 Å². The molecule has 1 aliphatic heterocycles. The van der Waals surface area contributed by atoms with Crippen LogP contribution in [0.15, 0.2) is 28.8 Å². The molecule has 0 radical (unpaired) electrons. The van der Waals surface area contributed by atoms with Crippen molar-refractivity contribution in [2.24, 2.45) is 0 Å². The number of rotatable bonds is 6. The van der Waals surface area contributed by atoms with Crippen LogP contribution in [0.5, 0.6) is 0 Å². The summed E-state index contributed by atoms with van der Waals surface area (Å²) in [5.74, 6) is -0.0992. The van der Waals surface area contributed by atoms with Crippen LogP contribution in [0.25, 0.3) is 0 Å². The molecule has 2 heterocycles. The lowest BCUT2D eigenvalue weighted by Crippen LogP contribution is -2.51. The monoisotopic (exact) mass is 468 g/mol. The maximum Gasteiger partial charge on any atom is 0.255 e. The van der Waals surface area contributed by atoms with Crippen molar-refractivity contribution < 1.29 is 23.3 Å². The van der Waals surface area contributed by atoms with Crippen molar-refractivity contribution >= 4 is 46.9 Å². The van der Waals surface area contributed by atoms with Crippen LogP contribution in [0.3, 0.4) is 0 Å². The minimum atomic E-state index is -0.506. The number of aryl methyl sites for hydroxylation is 1. The van der Waals surface area contributed by atoms with Gasteiger partial charge >= 0.3 is 0 Å². The highest BCUT2D eigenvalue weighted by Crippen LogP contribution is 2.20. The second-order valence-electron chi connectivity index (χ2n) is 7.06. The third-order valence-corrected chi connectivity index (χ3v) is 6.23. The first-order valence-electron chi connectivity index (χ1n) is 9.62. The molecule has 3 amide bonds. The van der Waals surface area contributed by atoms with Crippen LogP contribution in [-0.2, 0) is 9.59 Å². The molecule has 1 unspecified atom stereocenters. The van der Waals surface area contributed by atoms with Crippen molar-refractivity contribution in [1.29, 1.82) is 0 Å². The number of anilines is 1. The Morgan fingerprint density at radius 3 is 2.52 bits per heavy atom. The zero-order valence-corrected chi connectivity index (χ0v) is 18.6. The maximum absolute atomic E-state index is 13.2. The normalized spacial score (nSPS) is 15.0. The summed E-state index contributed by atoms with van der Waals surface area (Å²) in [6.45, 7) is 4.89. The number of nitrogens with zero attached hydrogens (tertiary/aromatic N) is 3. The van der Waals surface area contributed by atoms with E-state index in [9.17, 15) is 18.8 Å². The number of thioether (sulfide) groups is 1. The highest BCUT2D eigenvalue weighted by atomic mass is 35.5. The Kier molecular flexibility index (Phi) is 7.55. The molecule has 0 aliphatic carbocycles. The average Bonchev–Trinajstić information content (AvgIpc) is 3.15. The molecule has 1 aromatic heterocycles. The molecule has 11 heteroatoms. The summed E-state index contributed by atoms with van der Waals surface area (Å²) in [7, 11) is 0. The third-order valence-electron chi connectivity index (χ3n) is 4.79. The number of amides is 3. The summed E-state index contributed by atoms with van der Waals surface area (Å²) in [4.78, 5) is 40.6. The van der Waals surface area contributed by atoms with Gasteiger partial charge in [-0.2, -0.15) is 0 Å². The largest absolute Gasteiger partial charge is 0.360 e. The zero-order chi connectivity index (χ0) is 22.5. The number of piperazine rings is 1. The van der Waals surface area contributed by atoms with Crippen molar-refractivity contribution in [3.8, 4) is 0 Å². The molecule has 0 saturated carbocycles. The van der Waals surface area contributed by atoms with Gasteiger partial charge in [0.15, 0.2) is 5.82 Å². The number of hydrogen-bond donors (Lipinski definition) is 1. The van der Waals surface area contributed by atoms with E-state index in [4.69, 9.17) is 16.1 Å². The molecule has 8 nitrogen and oxygen atoms in total. The van der Waals surface area contributed by atoms with Crippen LogP contribution in [0.2, 0.25) is 5.02 Å². The maximum atomic E-state index is 13.2. The molecule has 3 rings (SSSR count). The summed E-state index contributed by atoms with van der Waals surface area (Å²) in [6.07, 6.45) is 0. The second kappa shape index (κ2) is 10.1. The number of benzene rings is 1. The second-order valence-corrected chi connectivity index (χ2v) is 8.80. The minimum Gasteiger partial charge on any atom is -0.360 e. The number of aromatic nitrogens is 1. The van der Waals surface area contributed by atoms with Gasteiger partial charge in [0.05, 0.1) is 21.6 Å². The zero-order valence-electron chi connectivity index (χ0n) is 17.1. The van der Waals surface area contributed by atoms with Gasteiger partial charge in [-0.05, 0) is 32.0 Å². The van der Waals surface area contributed by atoms with E-state index < -0.39 is 11.1 Å². The van der Waals surface area contributed by atoms with E-state index in [-0.39, 0.29) is 34.1 Å². The van der Waals surface area contributed by atoms with Gasteiger partial charge in [-0.25, -0.2) is 4.39 Å². The number of carbonyl (C=O) groups excluding carboxylic acids is 3. The van der Waals surface area contributed by atoms with Gasteiger partial charge < -0.3 is 19.6 Å². The molecular weight excluding hydrogens is 447 g/mol. The number of halogens is 2. The van der Waals surface area contributed by atoms with E-state index in [0.717, 1.165) is 6.07 Å². The molecule has 1 aromatic carbocycles. The first-order chi connectivity index (χ1) is 14.7. The first-order valence-corrected chi connectivity index (χ1v) is 11.0. The van der Waals surface area contributed by atoms with E-state index in [1.54, 1.807) is 29.7 Å². The van der Waals surface area contributed by atoms with Gasteiger partial charge in [-0.1, -0.05) is 16.8 Å². The Balaban J connectivity index is 1.44. The smallest absolute Gasteiger partial charge is 0.255 e. The SMILES string of the molecule is Cc1cc(NC(=O)C(C)SCC(=O)N2CCN(C(=O)c3ccc(F)cc3Cl)CC2)no1. The molecule has 31 heavy (non-hydrogen) atoms. The lowest BCUT2D eigenvalue weighted by Gasteiger charge is -2.35. The van der Waals surface area contributed by atoms with E-state index in [1.807, 2.05) is 0 Å². The summed E-state index contributed by atoms with van der Waals surface area (Å²) in [5.41, 5.74) is 0.237. The van der Waals surface area contributed by atoms with Crippen LogP contribution >= 0.6 is 23.4 Å². The van der Waals surface area contributed by atoms with Crippen LogP contribution < -0.4 is 5.32 Å². The third kappa shape index (κ3) is 5.98. The van der Waals surface area contributed by atoms with Crippen molar-refractivity contribution in [1.82, 2.24) is 15.0 Å². The Hall–Kier alpha value is -2.59. The van der Waals surface area contributed by atoms with Gasteiger partial charge in [0.25, 0.3) is 5.91 Å². The van der Waals surface area contributed by atoms with Crippen LogP contribution in [0.4, 0.5) is 10.2 Å². The predicted octanol–water partition coefficient (Wildman–Crippen LogP) is 2.82. The molecule has 166 valence electrons. The molecule has 1 aliphatic rings. The fourth-order valence-electron chi connectivity index (χ4n) is 3.01. The standard InChI is InChI=1S/C20H22ClFN4O4S/c1-12-9-17(24-30-12)23-19(28)13(2)31-11-18(27)25-5-7-26(8-6-25)20(29)15-4-3-14(22)10-16(15)21/h3-4,9-10,13H,5-8,11H2,1-2H3,(H,23,24,28). The Morgan fingerprint density at radius 2 is 1.90 bits per heavy atom. The number of hydrogen-bond acceptors (Lipinski definition) is 6. The molecule has 1 atom stereocenters. The average molecular weight is 469 g/mol. The highest BCUT2D eigenvalue weighted by molar-refractivity contribution is 8.01. The quantitative estimate of drug-likeness (QED) is 0.700. The van der Waals surface area contributed by atoms with Gasteiger partial charge in [-0.15, -0.1) is 11.8 Å². The summed E-state index contributed by atoms with van der Waals surface area (Å²) < 4.78 is 18.1. The van der Waals surface area contributed by atoms with Crippen molar-refractivity contribution in [2.75, 3.05) is 37.2 Å². The topological polar surface area (TPSA) is 95.8 Å². The molecule has 0 spiro atoms. The molecular formula is C20H22ClFN4O4S. The van der Waals surface area contributed by atoms with Crippen LogP contribution in [0, 0.1) is 12.7 Å². The van der Waals surface area contributed by atoms with E-state index in [1.165, 1.54) is 23.9 Å². The molecule has 1 fully saturated rings. The highest BCUT2D eigenvalue weighted by Gasteiger charge is 2.27. The Bertz CT molecular complexity index is 978. The van der Waals surface area contributed by atoms with Gasteiger partial charge in [0.2, 0.25) is 11.8 Å². The van der Waals surface area contributed by atoms with Gasteiger partial charge in [0, 0.05) is 32.2 Å². The minimum absolute atomic E-state index is 0.0629. The Labute approximate surface area is 188 Å². The fraction of sp³-hybridized carbons (Fsp3) is 0.400. The molecule has 0 bridgehead atoms. The summed E-state index contributed by atoms with van der Waals surface area (Å²) >= 11 is 7.20. The molecule has 2 aromatic rings. The van der Waals surface area contributed by atoms with Crippen LogP contribution in [0.1, 0.15) is 23.0 Å². The van der Waals surface area contributed by atoms with Gasteiger partial charge in [-0.3, -0.25) is 14.4 Å². The van der Waals surface area contributed by atoms with Crippen molar-refractivity contribution in [2.45, 2.75) is 19.1 Å². The summed E-state index contributed by atoms with van der Waals surface area (Å²) in [6, 6.07) is 5.27. The van der Waals surface area contributed by atoms with E-state index in [0.29, 0.717) is 37.8 Å². The van der Waals surface area contributed by atoms with Crippen LogP contribution in [-0.4, -0.2) is 69.9 Å². The van der Waals surface area contributed by atoms with Gasteiger partial charge in [0.1, 0.15) is 11.6 Å². The summed E-state index contributed by atoms with van der Waals surface area (Å²) in [5, 5.41) is 5.96. The first kappa shape index (κ1) is 23.1. The van der Waals surface area contributed by atoms with E-state index >= 15 is 0 Å². The molecule has 1 N–H and O–H groups in total. The number of nitrogens with one attached hydrogen (secondary N) is 1. The van der Waals surface area contributed by atoms with Crippen molar-refractivity contribution in [3.63, 3.8) is 0 Å². The van der Waals surface area contributed by atoms with E-state index in [2.05, 4.69) is 10.5 Å². The number of carbonyl (C=O) groups is 3.